The van der Waals surface area contributed by atoms with Crippen LogP contribution in [0.1, 0.15) is 22.3 Å². The highest BCUT2D eigenvalue weighted by Crippen LogP contribution is 2.25. The first-order valence-corrected chi connectivity index (χ1v) is 8.51. The van der Waals surface area contributed by atoms with Crippen molar-refractivity contribution in [3.8, 4) is 5.75 Å². The fraction of sp³-hybridized carbons (Fsp3) is 0.316. The van der Waals surface area contributed by atoms with Crippen LogP contribution in [-0.2, 0) is 6.61 Å². The molecule has 0 radical (unpaired) electrons. The molecule has 0 aliphatic carbocycles. The van der Waals surface area contributed by atoms with Crippen molar-refractivity contribution in [1.82, 2.24) is 4.90 Å². The molecule has 0 bridgehead atoms. The lowest BCUT2D eigenvalue weighted by Crippen LogP contribution is -2.30. The van der Waals surface area contributed by atoms with Gasteiger partial charge in [-0.1, -0.05) is 41.9 Å². The number of rotatable bonds is 5. The summed E-state index contributed by atoms with van der Waals surface area (Å²) in [6.07, 6.45) is 0.963. The van der Waals surface area contributed by atoms with Gasteiger partial charge in [0.1, 0.15) is 12.4 Å². The molecule has 3 rings (SSSR count). The number of hydrogen-bond donors (Lipinski definition) is 1. The van der Waals surface area contributed by atoms with Gasteiger partial charge in [0.05, 0.1) is 5.56 Å². The molecule has 4 nitrogen and oxygen atoms in total. The maximum Gasteiger partial charge on any atom is 0.257 e. The number of ether oxygens (including phenoxy) is 1. The third-order valence-corrected chi connectivity index (χ3v) is 4.73. The predicted octanol–water partition coefficient (Wildman–Crippen LogP) is 3.34. The lowest BCUT2D eigenvalue weighted by Gasteiger charge is -2.18. The van der Waals surface area contributed by atoms with E-state index in [1.807, 2.05) is 47.4 Å². The highest BCUT2D eigenvalue weighted by molar-refractivity contribution is 6.31. The van der Waals surface area contributed by atoms with Gasteiger partial charge in [-0.3, -0.25) is 4.79 Å². The monoisotopic (exact) mass is 344 g/mol. The van der Waals surface area contributed by atoms with Gasteiger partial charge in [-0.25, -0.2) is 0 Å². The summed E-state index contributed by atoms with van der Waals surface area (Å²) >= 11 is 6.16. The van der Waals surface area contributed by atoms with Crippen LogP contribution >= 0.6 is 11.6 Å². The molecule has 5 heteroatoms. The van der Waals surface area contributed by atoms with E-state index in [2.05, 4.69) is 0 Å². The fourth-order valence-corrected chi connectivity index (χ4v) is 3.11. The second kappa shape index (κ2) is 7.69. The van der Waals surface area contributed by atoms with E-state index in [9.17, 15) is 4.79 Å². The van der Waals surface area contributed by atoms with Gasteiger partial charge in [-0.2, -0.15) is 0 Å². The van der Waals surface area contributed by atoms with Gasteiger partial charge in [0.15, 0.2) is 0 Å². The van der Waals surface area contributed by atoms with E-state index in [0.717, 1.165) is 18.5 Å². The molecule has 1 atom stereocenters. The first-order valence-electron chi connectivity index (χ1n) is 8.13. The summed E-state index contributed by atoms with van der Waals surface area (Å²) in [6, 6.07) is 14.9. The number of hydrogen-bond acceptors (Lipinski definition) is 3. The first kappa shape index (κ1) is 16.8. The van der Waals surface area contributed by atoms with E-state index in [-0.39, 0.29) is 5.91 Å². The van der Waals surface area contributed by atoms with Crippen LogP contribution in [0.4, 0.5) is 0 Å². The number of carbonyl (C=O) groups is 1. The van der Waals surface area contributed by atoms with Gasteiger partial charge in [-0.15, -0.1) is 0 Å². The van der Waals surface area contributed by atoms with Gasteiger partial charge in [0.2, 0.25) is 0 Å². The van der Waals surface area contributed by atoms with Gasteiger partial charge >= 0.3 is 0 Å². The van der Waals surface area contributed by atoms with Crippen LogP contribution < -0.4 is 10.5 Å². The Hall–Kier alpha value is -2.04. The third-order valence-electron chi connectivity index (χ3n) is 4.36. The predicted molar refractivity (Wildman–Crippen MR) is 95.3 cm³/mol. The standard InChI is InChI=1S/C19H21ClN2O2/c20-17-7-3-1-5-15(17)13-24-18-8-4-2-6-16(18)19(23)22-10-9-14(11-21)12-22/h1-8,14H,9-13,21H2/t14-/m0/s1. The number of nitrogens with two attached hydrogens (primary N) is 1. The second-order valence-corrected chi connectivity index (χ2v) is 6.43. The van der Waals surface area contributed by atoms with Crippen molar-refractivity contribution in [2.75, 3.05) is 19.6 Å². The lowest BCUT2D eigenvalue weighted by molar-refractivity contribution is 0.0782. The Morgan fingerprint density at radius 2 is 1.96 bits per heavy atom. The van der Waals surface area contributed by atoms with Crippen LogP contribution in [0, 0.1) is 5.92 Å². The van der Waals surface area contributed by atoms with Crippen molar-refractivity contribution < 1.29 is 9.53 Å². The van der Waals surface area contributed by atoms with Crippen molar-refractivity contribution in [2.45, 2.75) is 13.0 Å². The molecule has 2 aromatic carbocycles. The van der Waals surface area contributed by atoms with Crippen molar-refractivity contribution in [3.63, 3.8) is 0 Å². The Bertz CT molecular complexity index is 720. The molecule has 0 spiro atoms. The summed E-state index contributed by atoms with van der Waals surface area (Å²) in [5.74, 6) is 0.976. The lowest BCUT2D eigenvalue weighted by atomic mass is 10.1. The minimum Gasteiger partial charge on any atom is -0.488 e. The molecule has 0 unspecified atom stereocenters. The highest BCUT2D eigenvalue weighted by atomic mass is 35.5. The van der Waals surface area contributed by atoms with Crippen LogP contribution in [-0.4, -0.2) is 30.4 Å². The Balaban J connectivity index is 1.73. The van der Waals surface area contributed by atoms with Crippen LogP contribution in [0.2, 0.25) is 5.02 Å². The Labute approximate surface area is 147 Å². The maximum atomic E-state index is 12.8. The summed E-state index contributed by atoms with van der Waals surface area (Å²) < 4.78 is 5.88. The largest absolute Gasteiger partial charge is 0.488 e. The number of amides is 1. The summed E-state index contributed by atoms with van der Waals surface area (Å²) in [4.78, 5) is 14.6. The number of halogens is 1. The Kier molecular flexibility index (Phi) is 5.38. The molecular formula is C19H21ClN2O2. The molecule has 126 valence electrons. The van der Waals surface area contributed by atoms with E-state index in [1.54, 1.807) is 6.07 Å². The Morgan fingerprint density at radius 1 is 1.21 bits per heavy atom. The summed E-state index contributed by atoms with van der Waals surface area (Å²) in [5, 5.41) is 0.659. The second-order valence-electron chi connectivity index (χ2n) is 6.02. The normalized spacial score (nSPS) is 17.1. The first-order chi connectivity index (χ1) is 11.7. The van der Waals surface area contributed by atoms with E-state index in [0.29, 0.717) is 41.9 Å². The molecule has 2 aromatic rings. The average molecular weight is 345 g/mol. The van der Waals surface area contributed by atoms with Crippen molar-refractivity contribution in [2.24, 2.45) is 11.7 Å². The molecule has 1 amide bonds. The van der Waals surface area contributed by atoms with Crippen LogP contribution in [0.15, 0.2) is 48.5 Å². The molecule has 24 heavy (non-hydrogen) atoms. The minimum atomic E-state index is 0.000656. The number of para-hydroxylation sites is 1. The fourth-order valence-electron chi connectivity index (χ4n) is 2.92. The van der Waals surface area contributed by atoms with Gasteiger partial charge < -0.3 is 15.4 Å². The zero-order chi connectivity index (χ0) is 16.9. The topological polar surface area (TPSA) is 55.6 Å². The van der Waals surface area contributed by atoms with Gasteiger partial charge in [0.25, 0.3) is 5.91 Å². The van der Waals surface area contributed by atoms with Crippen LogP contribution in [0.25, 0.3) is 0 Å². The highest BCUT2D eigenvalue weighted by Gasteiger charge is 2.27. The van der Waals surface area contributed by atoms with E-state index in [1.165, 1.54) is 0 Å². The van der Waals surface area contributed by atoms with Crippen molar-refractivity contribution in [3.05, 3.63) is 64.7 Å². The van der Waals surface area contributed by atoms with Gasteiger partial charge in [-0.05, 0) is 37.1 Å². The summed E-state index contributed by atoms with van der Waals surface area (Å²) in [7, 11) is 0. The quantitative estimate of drug-likeness (QED) is 0.905. The average Bonchev–Trinajstić information content (AvgIpc) is 3.10. The smallest absolute Gasteiger partial charge is 0.257 e. The number of benzene rings is 2. The van der Waals surface area contributed by atoms with Crippen LogP contribution in [0.3, 0.4) is 0 Å². The number of carbonyl (C=O) groups excluding carboxylic acids is 1. The SMILES string of the molecule is NC[C@@H]1CCN(C(=O)c2ccccc2OCc2ccccc2Cl)C1. The molecule has 1 heterocycles. The van der Waals surface area contributed by atoms with Crippen molar-refractivity contribution in [1.29, 1.82) is 0 Å². The third kappa shape index (κ3) is 3.71. The molecule has 0 saturated carbocycles. The minimum absolute atomic E-state index is 0.000656. The summed E-state index contributed by atoms with van der Waals surface area (Å²) in [6.45, 7) is 2.41. The Morgan fingerprint density at radius 3 is 2.71 bits per heavy atom. The zero-order valence-corrected chi connectivity index (χ0v) is 14.2. The van der Waals surface area contributed by atoms with Gasteiger partial charge in [0, 0.05) is 23.7 Å². The number of nitrogens with zero attached hydrogens (tertiary/aromatic N) is 1. The molecule has 1 aliphatic rings. The molecule has 1 aliphatic heterocycles. The number of likely N-dealkylation sites (tertiary alicyclic amines) is 1. The molecule has 1 saturated heterocycles. The molecule has 0 aromatic heterocycles. The van der Waals surface area contributed by atoms with E-state index in [4.69, 9.17) is 22.1 Å². The molecule has 1 fully saturated rings. The van der Waals surface area contributed by atoms with E-state index < -0.39 is 0 Å². The molecule has 2 N–H and O–H groups in total. The summed E-state index contributed by atoms with van der Waals surface area (Å²) in [5.41, 5.74) is 7.20. The zero-order valence-electron chi connectivity index (χ0n) is 13.5. The van der Waals surface area contributed by atoms with E-state index >= 15 is 0 Å². The van der Waals surface area contributed by atoms with Crippen LogP contribution in [0.5, 0.6) is 5.75 Å². The maximum absolute atomic E-state index is 12.8. The molecular weight excluding hydrogens is 324 g/mol. The van der Waals surface area contributed by atoms with Crippen molar-refractivity contribution >= 4 is 17.5 Å².